The first-order valence-corrected chi connectivity index (χ1v) is 7.28. The summed E-state index contributed by atoms with van der Waals surface area (Å²) in [7, 11) is 0. The second-order valence-electron chi connectivity index (χ2n) is 4.03. The minimum absolute atomic E-state index is 0.0727. The lowest BCUT2D eigenvalue weighted by molar-refractivity contribution is 0.0953. The zero-order chi connectivity index (χ0) is 14.1. The number of amides is 1. The molecule has 0 aliphatic rings. The van der Waals surface area contributed by atoms with Gasteiger partial charge in [-0.1, -0.05) is 5.16 Å². The van der Waals surface area contributed by atoms with Gasteiger partial charge in [0.2, 0.25) is 0 Å². The van der Waals surface area contributed by atoms with Crippen molar-refractivity contribution in [2.24, 2.45) is 10.9 Å². The van der Waals surface area contributed by atoms with Crippen LogP contribution >= 0.6 is 11.8 Å². The summed E-state index contributed by atoms with van der Waals surface area (Å²) >= 11 is 1.64. The molecule has 0 saturated heterocycles. The summed E-state index contributed by atoms with van der Waals surface area (Å²) in [5, 5.41) is 14.1. The monoisotopic (exact) mass is 281 g/mol. The van der Waals surface area contributed by atoms with Gasteiger partial charge in [-0.15, -0.1) is 11.8 Å². The minimum atomic E-state index is -0.0727. The van der Waals surface area contributed by atoms with E-state index < -0.39 is 0 Å². The molecule has 0 heterocycles. The molecule has 0 saturated carbocycles. The number of nitrogens with zero attached hydrogens (tertiary/aromatic N) is 1. The number of rotatable bonds is 7. The molecule has 0 radical (unpaired) electrons. The van der Waals surface area contributed by atoms with E-state index in [-0.39, 0.29) is 11.7 Å². The van der Waals surface area contributed by atoms with Gasteiger partial charge in [-0.3, -0.25) is 4.79 Å². The van der Waals surface area contributed by atoms with Crippen LogP contribution in [0.25, 0.3) is 0 Å². The Hall–Kier alpha value is -1.69. The molecule has 4 N–H and O–H groups in total. The van der Waals surface area contributed by atoms with Crippen molar-refractivity contribution in [2.75, 3.05) is 12.8 Å². The van der Waals surface area contributed by atoms with Gasteiger partial charge in [0.05, 0.1) is 0 Å². The van der Waals surface area contributed by atoms with Gasteiger partial charge < -0.3 is 16.3 Å². The van der Waals surface area contributed by atoms with Crippen molar-refractivity contribution in [2.45, 2.75) is 24.2 Å². The number of hydrogen-bond acceptors (Lipinski definition) is 4. The molecule has 0 aromatic heterocycles. The van der Waals surface area contributed by atoms with Crippen LogP contribution < -0.4 is 11.1 Å². The summed E-state index contributed by atoms with van der Waals surface area (Å²) in [4.78, 5) is 12.9. The fraction of sp³-hybridized carbons (Fsp3) is 0.385. The predicted molar refractivity (Wildman–Crippen MR) is 77.8 cm³/mol. The van der Waals surface area contributed by atoms with Gasteiger partial charge in [0, 0.05) is 23.4 Å². The molecule has 1 aromatic carbocycles. The third kappa shape index (κ3) is 5.65. The van der Waals surface area contributed by atoms with E-state index in [1.54, 1.807) is 11.8 Å². The molecule has 0 unspecified atom stereocenters. The van der Waals surface area contributed by atoms with Crippen molar-refractivity contribution in [3.05, 3.63) is 29.8 Å². The Balaban J connectivity index is 2.27. The highest BCUT2D eigenvalue weighted by molar-refractivity contribution is 7.98. The number of nitrogens with one attached hydrogen (secondary N) is 1. The average molecular weight is 281 g/mol. The number of oxime groups is 1. The summed E-state index contributed by atoms with van der Waals surface area (Å²) in [5.74, 6) is 0.149. The van der Waals surface area contributed by atoms with Crippen LogP contribution in [0.4, 0.5) is 0 Å². The van der Waals surface area contributed by atoms with Gasteiger partial charge in [-0.2, -0.15) is 0 Å². The Kier molecular flexibility index (Phi) is 6.81. The molecule has 1 aromatic rings. The molecule has 0 spiro atoms. The summed E-state index contributed by atoms with van der Waals surface area (Å²) in [5.41, 5.74) is 6.01. The first kappa shape index (κ1) is 15.4. The molecule has 0 aliphatic carbocycles. The molecule has 6 heteroatoms. The number of carbonyl (C=O) groups is 1. The molecule has 5 nitrogen and oxygen atoms in total. The second kappa shape index (κ2) is 8.42. The van der Waals surface area contributed by atoms with E-state index in [4.69, 9.17) is 10.9 Å². The Morgan fingerprint density at radius 2 is 2.05 bits per heavy atom. The molecule has 0 atom stereocenters. The first-order chi connectivity index (χ1) is 9.17. The highest BCUT2D eigenvalue weighted by atomic mass is 32.2. The number of amidine groups is 1. The molecule has 0 aliphatic heterocycles. The SMILES string of the molecule is CSc1ccc(C(=O)NCCCCC(N)=NO)cc1. The lowest BCUT2D eigenvalue weighted by Crippen LogP contribution is -2.24. The third-order valence-electron chi connectivity index (χ3n) is 2.63. The maximum Gasteiger partial charge on any atom is 0.251 e. The van der Waals surface area contributed by atoms with Crippen LogP contribution in [-0.2, 0) is 0 Å². The van der Waals surface area contributed by atoms with Crippen LogP contribution in [0.15, 0.2) is 34.3 Å². The smallest absolute Gasteiger partial charge is 0.251 e. The van der Waals surface area contributed by atoms with Crippen molar-refractivity contribution in [1.29, 1.82) is 0 Å². The van der Waals surface area contributed by atoms with Gasteiger partial charge in [0.1, 0.15) is 5.84 Å². The Morgan fingerprint density at radius 1 is 1.37 bits per heavy atom. The van der Waals surface area contributed by atoms with Crippen LogP contribution in [0.1, 0.15) is 29.6 Å². The lowest BCUT2D eigenvalue weighted by Gasteiger charge is -2.05. The Morgan fingerprint density at radius 3 is 2.63 bits per heavy atom. The van der Waals surface area contributed by atoms with E-state index in [1.165, 1.54) is 0 Å². The maximum atomic E-state index is 11.8. The van der Waals surface area contributed by atoms with E-state index >= 15 is 0 Å². The summed E-state index contributed by atoms with van der Waals surface area (Å²) in [6, 6.07) is 7.49. The highest BCUT2D eigenvalue weighted by Crippen LogP contribution is 2.14. The minimum Gasteiger partial charge on any atom is -0.409 e. The Labute approximate surface area is 117 Å². The van der Waals surface area contributed by atoms with E-state index in [2.05, 4.69) is 10.5 Å². The second-order valence-corrected chi connectivity index (χ2v) is 4.91. The lowest BCUT2D eigenvalue weighted by atomic mass is 10.2. The summed E-state index contributed by atoms with van der Waals surface area (Å²) < 4.78 is 0. The van der Waals surface area contributed by atoms with Crippen molar-refractivity contribution in [3.63, 3.8) is 0 Å². The maximum absolute atomic E-state index is 11.8. The zero-order valence-electron chi connectivity index (χ0n) is 10.9. The van der Waals surface area contributed by atoms with Gasteiger partial charge in [0.25, 0.3) is 5.91 Å². The fourth-order valence-electron chi connectivity index (χ4n) is 1.53. The van der Waals surface area contributed by atoms with Crippen molar-refractivity contribution in [1.82, 2.24) is 5.32 Å². The average Bonchev–Trinajstić information content (AvgIpc) is 2.46. The number of unbranched alkanes of at least 4 members (excludes halogenated alkanes) is 1. The molecular weight excluding hydrogens is 262 g/mol. The standard InChI is InChI=1S/C13H19N3O2S/c1-19-11-7-5-10(6-8-11)13(17)15-9-3-2-4-12(14)16-18/h5-8,18H,2-4,9H2,1H3,(H2,14,16)(H,15,17). The normalized spacial score (nSPS) is 11.3. The largest absolute Gasteiger partial charge is 0.409 e. The molecule has 0 fully saturated rings. The highest BCUT2D eigenvalue weighted by Gasteiger charge is 2.04. The predicted octanol–water partition coefficient (Wildman–Crippen LogP) is 2.05. The van der Waals surface area contributed by atoms with Crippen LogP contribution in [0.2, 0.25) is 0 Å². The van der Waals surface area contributed by atoms with E-state index in [9.17, 15) is 4.79 Å². The molecule has 1 amide bonds. The number of thioether (sulfide) groups is 1. The quantitative estimate of drug-likeness (QED) is 0.178. The van der Waals surface area contributed by atoms with Crippen LogP contribution in [0, 0.1) is 0 Å². The summed E-state index contributed by atoms with van der Waals surface area (Å²) in [6.45, 7) is 0.585. The van der Waals surface area contributed by atoms with E-state index in [0.717, 1.165) is 17.7 Å². The van der Waals surface area contributed by atoms with Crippen LogP contribution in [0.3, 0.4) is 0 Å². The summed E-state index contributed by atoms with van der Waals surface area (Å²) in [6.07, 6.45) is 4.11. The van der Waals surface area contributed by atoms with Gasteiger partial charge in [-0.05, 0) is 43.4 Å². The Bertz CT molecular complexity index is 432. The van der Waals surface area contributed by atoms with Crippen LogP contribution in [0.5, 0.6) is 0 Å². The van der Waals surface area contributed by atoms with Gasteiger partial charge in [-0.25, -0.2) is 0 Å². The molecular formula is C13H19N3O2S. The van der Waals surface area contributed by atoms with Crippen molar-refractivity contribution < 1.29 is 10.0 Å². The number of hydrogen-bond donors (Lipinski definition) is 3. The molecule has 19 heavy (non-hydrogen) atoms. The van der Waals surface area contributed by atoms with E-state index in [0.29, 0.717) is 18.5 Å². The number of carbonyl (C=O) groups excluding carboxylic acids is 1. The number of benzene rings is 1. The van der Waals surface area contributed by atoms with Gasteiger partial charge in [0.15, 0.2) is 0 Å². The molecule has 1 rings (SSSR count). The van der Waals surface area contributed by atoms with Gasteiger partial charge >= 0.3 is 0 Å². The van der Waals surface area contributed by atoms with E-state index in [1.807, 2.05) is 30.5 Å². The zero-order valence-corrected chi connectivity index (χ0v) is 11.7. The third-order valence-corrected chi connectivity index (χ3v) is 3.37. The molecule has 104 valence electrons. The fourth-order valence-corrected chi connectivity index (χ4v) is 1.94. The first-order valence-electron chi connectivity index (χ1n) is 6.06. The van der Waals surface area contributed by atoms with Crippen LogP contribution in [-0.4, -0.2) is 29.8 Å². The number of nitrogens with two attached hydrogens (primary N) is 1. The van der Waals surface area contributed by atoms with Crippen molar-refractivity contribution in [3.8, 4) is 0 Å². The van der Waals surface area contributed by atoms with Crippen molar-refractivity contribution >= 4 is 23.5 Å². The molecule has 0 bridgehead atoms. The topological polar surface area (TPSA) is 87.7 Å².